The van der Waals surface area contributed by atoms with Crippen molar-refractivity contribution in [1.82, 2.24) is 4.98 Å². The van der Waals surface area contributed by atoms with Crippen LogP contribution in [0.4, 0.5) is 0 Å². The van der Waals surface area contributed by atoms with E-state index in [0.717, 1.165) is 14.5 Å². The zero-order valence-electron chi connectivity index (χ0n) is 10.7. The summed E-state index contributed by atoms with van der Waals surface area (Å²) in [5, 5.41) is 10.2. The maximum absolute atomic E-state index is 12.7. The number of carbonyl (C=O) groups is 1. The van der Waals surface area contributed by atoms with E-state index in [0.29, 0.717) is 21.7 Å². The van der Waals surface area contributed by atoms with Crippen LogP contribution < -0.4 is 0 Å². The Morgan fingerprint density at radius 2 is 2.00 bits per heavy atom. The number of fused-ring (bicyclic) bond motifs is 1. The minimum Gasteiger partial charge on any atom is -0.360 e. The third kappa shape index (κ3) is 2.55. The standard InChI is InChI=1S/C16H8ClIN2O/c17-10-2-4-14(18)12(6-10)16(21)13-8-20-15-5-9(7-19)1-3-11(13)15/h1-6,8,20H. The van der Waals surface area contributed by atoms with E-state index in [1.165, 1.54) is 0 Å². The van der Waals surface area contributed by atoms with Gasteiger partial charge in [0.15, 0.2) is 5.78 Å². The van der Waals surface area contributed by atoms with Gasteiger partial charge in [-0.05, 0) is 52.9 Å². The van der Waals surface area contributed by atoms with Crippen molar-refractivity contribution in [3.05, 3.63) is 67.9 Å². The lowest BCUT2D eigenvalue weighted by Crippen LogP contribution is -2.03. The van der Waals surface area contributed by atoms with E-state index in [1.54, 1.807) is 36.5 Å². The lowest BCUT2D eigenvalue weighted by atomic mass is 10.0. The van der Waals surface area contributed by atoms with Crippen molar-refractivity contribution in [1.29, 1.82) is 5.26 Å². The Kier molecular flexibility index (Phi) is 3.70. The van der Waals surface area contributed by atoms with Gasteiger partial charge in [0.1, 0.15) is 0 Å². The zero-order valence-corrected chi connectivity index (χ0v) is 13.6. The van der Waals surface area contributed by atoms with Crippen LogP contribution in [0.2, 0.25) is 5.02 Å². The molecule has 1 aromatic heterocycles. The molecule has 0 spiro atoms. The highest BCUT2D eigenvalue weighted by molar-refractivity contribution is 14.1. The number of hydrogen-bond acceptors (Lipinski definition) is 2. The van der Waals surface area contributed by atoms with Gasteiger partial charge in [0.05, 0.1) is 11.6 Å². The lowest BCUT2D eigenvalue weighted by Gasteiger charge is -2.04. The van der Waals surface area contributed by atoms with E-state index in [4.69, 9.17) is 16.9 Å². The van der Waals surface area contributed by atoms with Crippen LogP contribution in [-0.4, -0.2) is 10.8 Å². The summed E-state index contributed by atoms with van der Waals surface area (Å²) >= 11 is 8.10. The van der Waals surface area contributed by atoms with E-state index < -0.39 is 0 Å². The number of nitrogens with one attached hydrogen (secondary N) is 1. The summed E-state index contributed by atoms with van der Waals surface area (Å²) in [5.74, 6) is -0.0853. The van der Waals surface area contributed by atoms with Gasteiger partial charge in [-0.1, -0.05) is 17.7 Å². The molecule has 0 atom stereocenters. The van der Waals surface area contributed by atoms with Crippen LogP contribution in [0.15, 0.2) is 42.6 Å². The number of aromatic nitrogens is 1. The third-order valence-corrected chi connectivity index (χ3v) is 4.40. The molecule has 0 aliphatic carbocycles. The Bertz CT molecular complexity index is 908. The number of ketones is 1. The monoisotopic (exact) mass is 406 g/mol. The summed E-state index contributed by atoms with van der Waals surface area (Å²) in [5.41, 5.74) is 2.48. The number of rotatable bonds is 2. The van der Waals surface area contributed by atoms with Gasteiger partial charge in [0, 0.05) is 36.8 Å². The highest BCUT2D eigenvalue weighted by Crippen LogP contribution is 2.25. The van der Waals surface area contributed by atoms with E-state index in [9.17, 15) is 4.79 Å². The van der Waals surface area contributed by atoms with Gasteiger partial charge < -0.3 is 4.98 Å². The number of benzene rings is 2. The molecular formula is C16H8ClIN2O. The Morgan fingerprint density at radius 1 is 1.19 bits per heavy atom. The zero-order chi connectivity index (χ0) is 15.0. The predicted molar refractivity (Wildman–Crippen MR) is 90.6 cm³/mol. The summed E-state index contributed by atoms with van der Waals surface area (Å²) in [4.78, 5) is 15.7. The molecule has 1 N–H and O–H groups in total. The van der Waals surface area contributed by atoms with Crippen molar-refractivity contribution in [2.24, 2.45) is 0 Å². The van der Waals surface area contributed by atoms with Crippen LogP contribution >= 0.6 is 34.2 Å². The molecule has 0 fully saturated rings. The van der Waals surface area contributed by atoms with Gasteiger partial charge in [0.2, 0.25) is 0 Å². The Hall–Kier alpha value is -1.84. The average molecular weight is 407 g/mol. The second-order valence-corrected chi connectivity index (χ2v) is 6.13. The Morgan fingerprint density at radius 3 is 2.76 bits per heavy atom. The van der Waals surface area contributed by atoms with Crippen LogP contribution in [-0.2, 0) is 0 Å². The summed E-state index contributed by atoms with van der Waals surface area (Å²) in [7, 11) is 0. The Labute approximate surface area is 139 Å². The predicted octanol–water partition coefficient (Wildman–Crippen LogP) is 4.53. The molecule has 0 radical (unpaired) electrons. The fraction of sp³-hybridized carbons (Fsp3) is 0. The molecule has 3 aromatic rings. The van der Waals surface area contributed by atoms with Crippen molar-refractivity contribution >= 4 is 50.9 Å². The molecule has 0 amide bonds. The first-order valence-corrected chi connectivity index (χ1v) is 7.57. The van der Waals surface area contributed by atoms with Gasteiger partial charge in [0.25, 0.3) is 0 Å². The molecule has 0 saturated heterocycles. The molecule has 0 saturated carbocycles. The molecule has 3 nitrogen and oxygen atoms in total. The second kappa shape index (κ2) is 5.51. The topological polar surface area (TPSA) is 56.6 Å². The fourth-order valence-electron chi connectivity index (χ4n) is 2.20. The maximum Gasteiger partial charge on any atom is 0.196 e. The smallest absolute Gasteiger partial charge is 0.196 e. The number of nitrogens with zero attached hydrogens (tertiary/aromatic N) is 1. The quantitative estimate of drug-likeness (QED) is 0.502. The minimum absolute atomic E-state index is 0.0853. The van der Waals surface area contributed by atoms with Crippen LogP contribution in [0.25, 0.3) is 10.9 Å². The number of halogens is 2. The number of nitriles is 1. The van der Waals surface area contributed by atoms with E-state index in [2.05, 4.69) is 33.6 Å². The average Bonchev–Trinajstić information content (AvgIpc) is 2.91. The number of H-pyrrole nitrogens is 1. The SMILES string of the molecule is N#Cc1ccc2c(C(=O)c3cc(Cl)ccc3I)c[nH]c2c1. The Balaban J connectivity index is 2.14. The van der Waals surface area contributed by atoms with Crippen LogP contribution in [0.1, 0.15) is 21.5 Å². The summed E-state index contributed by atoms with van der Waals surface area (Å²) in [6.45, 7) is 0. The normalized spacial score (nSPS) is 10.5. The molecular weight excluding hydrogens is 399 g/mol. The minimum atomic E-state index is -0.0853. The van der Waals surface area contributed by atoms with E-state index in [-0.39, 0.29) is 5.78 Å². The molecule has 0 unspecified atom stereocenters. The van der Waals surface area contributed by atoms with Crippen molar-refractivity contribution in [3.8, 4) is 6.07 Å². The van der Waals surface area contributed by atoms with E-state index >= 15 is 0 Å². The van der Waals surface area contributed by atoms with Gasteiger partial charge in [-0.15, -0.1) is 0 Å². The molecule has 1 heterocycles. The molecule has 102 valence electrons. The summed E-state index contributed by atoms with van der Waals surface area (Å²) in [6, 6.07) is 12.6. The number of carbonyl (C=O) groups excluding carboxylic acids is 1. The summed E-state index contributed by atoms with van der Waals surface area (Å²) in [6.07, 6.45) is 1.67. The maximum atomic E-state index is 12.7. The van der Waals surface area contributed by atoms with Crippen molar-refractivity contribution in [2.75, 3.05) is 0 Å². The molecule has 21 heavy (non-hydrogen) atoms. The molecule has 0 aliphatic heterocycles. The van der Waals surface area contributed by atoms with E-state index in [1.807, 2.05) is 6.07 Å². The fourth-order valence-corrected chi connectivity index (χ4v) is 2.95. The third-order valence-electron chi connectivity index (χ3n) is 3.23. The van der Waals surface area contributed by atoms with Crippen LogP contribution in [0.3, 0.4) is 0 Å². The van der Waals surface area contributed by atoms with Crippen LogP contribution in [0.5, 0.6) is 0 Å². The second-order valence-electron chi connectivity index (χ2n) is 4.53. The highest BCUT2D eigenvalue weighted by Gasteiger charge is 2.17. The number of hydrogen-bond donors (Lipinski definition) is 1. The van der Waals surface area contributed by atoms with Gasteiger partial charge in [-0.3, -0.25) is 4.79 Å². The molecule has 2 aromatic carbocycles. The first-order valence-electron chi connectivity index (χ1n) is 6.11. The van der Waals surface area contributed by atoms with Gasteiger partial charge in [-0.25, -0.2) is 0 Å². The lowest BCUT2D eigenvalue weighted by molar-refractivity contribution is 0.103. The largest absolute Gasteiger partial charge is 0.360 e. The first-order chi connectivity index (χ1) is 10.1. The number of aromatic amines is 1. The summed E-state index contributed by atoms with van der Waals surface area (Å²) < 4.78 is 0.852. The molecule has 3 rings (SSSR count). The van der Waals surface area contributed by atoms with Gasteiger partial charge >= 0.3 is 0 Å². The van der Waals surface area contributed by atoms with Crippen molar-refractivity contribution in [2.45, 2.75) is 0 Å². The molecule has 0 aliphatic rings. The molecule has 0 bridgehead atoms. The van der Waals surface area contributed by atoms with Crippen molar-refractivity contribution < 1.29 is 4.79 Å². The van der Waals surface area contributed by atoms with Gasteiger partial charge in [-0.2, -0.15) is 5.26 Å². The highest BCUT2D eigenvalue weighted by atomic mass is 127. The molecule has 5 heteroatoms. The first kappa shape index (κ1) is 14.1. The van der Waals surface area contributed by atoms with Crippen LogP contribution in [0, 0.1) is 14.9 Å². The van der Waals surface area contributed by atoms with Crippen molar-refractivity contribution in [3.63, 3.8) is 0 Å².